The van der Waals surface area contributed by atoms with Crippen molar-refractivity contribution in [2.24, 2.45) is 0 Å². The fourth-order valence-corrected chi connectivity index (χ4v) is 2.43. The normalized spacial score (nSPS) is 20.2. The Hall–Kier alpha value is -0.850. The van der Waals surface area contributed by atoms with Gasteiger partial charge in [-0.05, 0) is 49.7 Å². The third-order valence-corrected chi connectivity index (χ3v) is 3.64. The van der Waals surface area contributed by atoms with Gasteiger partial charge >= 0.3 is 0 Å². The molecule has 0 saturated heterocycles. The van der Waals surface area contributed by atoms with Crippen molar-refractivity contribution in [1.29, 1.82) is 0 Å². The molecule has 1 heteroatoms. The number of rotatable bonds is 8. The van der Waals surface area contributed by atoms with Crippen LogP contribution in [-0.4, -0.2) is 5.78 Å². The molecule has 0 bridgehead atoms. The van der Waals surface area contributed by atoms with Crippen LogP contribution in [0, 0.1) is 0 Å². The number of hydrogen-bond acceptors (Lipinski definition) is 1. The molecule has 0 amide bonds. The van der Waals surface area contributed by atoms with Gasteiger partial charge in [0.05, 0.1) is 0 Å². The summed E-state index contributed by atoms with van der Waals surface area (Å²) in [6.45, 7) is 4.43. The maximum atomic E-state index is 12.1. The molecule has 1 fully saturated rings. The van der Waals surface area contributed by atoms with E-state index in [0.717, 1.165) is 36.8 Å². The van der Waals surface area contributed by atoms with Crippen LogP contribution in [0.1, 0.15) is 78.1 Å². The van der Waals surface area contributed by atoms with Crippen molar-refractivity contribution >= 4 is 5.78 Å². The van der Waals surface area contributed by atoms with Crippen molar-refractivity contribution in [3.63, 3.8) is 0 Å². The highest BCUT2D eigenvalue weighted by Gasteiger charge is 2.21. The molecule has 1 aliphatic carbocycles. The summed E-state index contributed by atoms with van der Waals surface area (Å²) in [5.41, 5.74) is 2.15. The number of carbonyl (C=O) groups is 1. The van der Waals surface area contributed by atoms with Gasteiger partial charge in [-0.1, -0.05) is 51.7 Å². The molecule has 0 aromatic heterocycles. The number of unbranched alkanes of at least 4 members (excludes halogenated alkanes) is 6. The van der Waals surface area contributed by atoms with Crippen molar-refractivity contribution in [2.45, 2.75) is 78.1 Å². The first-order chi connectivity index (χ1) is 8.79. The topological polar surface area (TPSA) is 17.1 Å². The quantitative estimate of drug-likeness (QED) is 0.417. The molecule has 1 aliphatic rings. The summed E-state index contributed by atoms with van der Waals surface area (Å²) < 4.78 is 0. The smallest absolute Gasteiger partial charge is 0.184 e. The van der Waals surface area contributed by atoms with E-state index in [1.807, 2.05) is 0 Å². The van der Waals surface area contributed by atoms with Gasteiger partial charge in [-0.2, -0.15) is 0 Å². The molecule has 0 spiro atoms. The van der Waals surface area contributed by atoms with Gasteiger partial charge in [-0.3, -0.25) is 4.79 Å². The summed E-state index contributed by atoms with van der Waals surface area (Å²) in [6.07, 6.45) is 16.0. The van der Waals surface area contributed by atoms with Crippen molar-refractivity contribution in [3.05, 3.63) is 23.3 Å². The van der Waals surface area contributed by atoms with E-state index >= 15 is 0 Å². The van der Waals surface area contributed by atoms with Crippen LogP contribution in [0.25, 0.3) is 0 Å². The Morgan fingerprint density at radius 3 is 1.67 bits per heavy atom. The Morgan fingerprint density at radius 1 is 0.833 bits per heavy atom. The van der Waals surface area contributed by atoms with Gasteiger partial charge in [0, 0.05) is 0 Å². The van der Waals surface area contributed by atoms with Crippen LogP contribution < -0.4 is 0 Å². The summed E-state index contributed by atoms with van der Waals surface area (Å²) >= 11 is 0. The first kappa shape index (κ1) is 15.2. The van der Waals surface area contributed by atoms with Crippen LogP contribution in [0.5, 0.6) is 0 Å². The monoisotopic (exact) mass is 248 g/mol. The number of hydrogen-bond donors (Lipinski definition) is 0. The van der Waals surface area contributed by atoms with Gasteiger partial charge in [0.25, 0.3) is 0 Å². The Balaban J connectivity index is 2.36. The Bertz CT molecular complexity index is 280. The Labute approximate surface area is 112 Å². The predicted molar refractivity (Wildman–Crippen MR) is 78.7 cm³/mol. The predicted octanol–water partition coefficient (Wildman–Crippen LogP) is 5.36. The zero-order chi connectivity index (χ0) is 13.2. The van der Waals surface area contributed by atoms with Crippen molar-refractivity contribution in [3.8, 4) is 0 Å². The zero-order valence-electron chi connectivity index (χ0n) is 12.1. The van der Waals surface area contributed by atoms with E-state index in [4.69, 9.17) is 0 Å². The zero-order valence-corrected chi connectivity index (χ0v) is 12.1. The average molecular weight is 248 g/mol. The fourth-order valence-electron chi connectivity index (χ4n) is 2.43. The minimum atomic E-state index is 0.336. The van der Waals surface area contributed by atoms with Gasteiger partial charge in [0.2, 0.25) is 0 Å². The molecule has 0 heterocycles. The highest BCUT2D eigenvalue weighted by molar-refractivity contribution is 6.10. The van der Waals surface area contributed by atoms with E-state index in [0.29, 0.717) is 5.78 Å². The van der Waals surface area contributed by atoms with Crippen molar-refractivity contribution in [2.75, 3.05) is 0 Å². The van der Waals surface area contributed by atoms with E-state index in [-0.39, 0.29) is 0 Å². The summed E-state index contributed by atoms with van der Waals surface area (Å²) in [5, 5.41) is 0. The molecule has 0 aromatic rings. The summed E-state index contributed by atoms with van der Waals surface area (Å²) in [4.78, 5) is 12.1. The van der Waals surface area contributed by atoms with Gasteiger partial charge in [0.1, 0.15) is 0 Å². The highest BCUT2D eigenvalue weighted by atomic mass is 16.1. The van der Waals surface area contributed by atoms with Gasteiger partial charge < -0.3 is 0 Å². The van der Waals surface area contributed by atoms with Crippen LogP contribution in [0.3, 0.4) is 0 Å². The minimum Gasteiger partial charge on any atom is -0.289 e. The van der Waals surface area contributed by atoms with E-state index in [9.17, 15) is 4.79 Å². The second-order valence-electron chi connectivity index (χ2n) is 5.28. The van der Waals surface area contributed by atoms with Crippen molar-refractivity contribution in [1.82, 2.24) is 0 Å². The molecule has 1 saturated carbocycles. The maximum absolute atomic E-state index is 12.1. The molecular weight excluding hydrogens is 220 g/mol. The first-order valence-electron chi connectivity index (χ1n) is 7.72. The van der Waals surface area contributed by atoms with E-state index in [1.54, 1.807) is 0 Å². The minimum absolute atomic E-state index is 0.336. The third kappa shape index (κ3) is 5.20. The molecule has 18 heavy (non-hydrogen) atoms. The molecule has 1 rings (SSSR count). The molecule has 0 radical (unpaired) electrons. The number of ketones is 1. The lowest BCUT2D eigenvalue weighted by Crippen LogP contribution is -1.95. The van der Waals surface area contributed by atoms with Gasteiger partial charge in [-0.15, -0.1) is 0 Å². The van der Waals surface area contributed by atoms with Gasteiger partial charge in [0.15, 0.2) is 5.78 Å². The van der Waals surface area contributed by atoms with Crippen LogP contribution in [0.4, 0.5) is 0 Å². The molecular formula is C17H28O. The first-order valence-corrected chi connectivity index (χ1v) is 7.72. The van der Waals surface area contributed by atoms with Crippen LogP contribution in [-0.2, 0) is 4.79 Å². The van der Waals surface area contributed by atoms with E-state index < -0.39 is 0 Å². The summed E-state index contributed by atoms with van der Waals surface area (Å²) in [7, 11) is 0. The second-order valence-corrected chi connectivity index (χ2v) is 5.28. The average Bonchev–Trinajstić information content (AvgIpc) is 2.72. The van der Waals surface area contributed by atoms with Crippen LogP contribution in [0.2, 0.25) is 0 Å². The summed E-state index contributed by atoms with van der Waals surface area (Å²) in [5.74, 6) is 0.336. The molecule has 0 aromatic carbocycles. The molecule has 1 nitrogen and oxygen atoms in total. The molecule has 0 atom stereocenters. The van der Waals surface area contributed by atoms with Crippen molar-refractivity contribution < 1.29 is 4.79 Å². The van der Waals surface area contributed by atoms with Crippen LogP contribution in [0.15, 0.2) is 23.3 Å². The maximum Gasteiger partial charge on any atom is 0.184 e. The van der Waals surface area contributed by atoms with E-state index in [1.165, 1.54) is 38.5 Å². The molecule has 0 N–H and O–H groups in total. The molecule has 0 unspecified atom stereocenters. The van der Waals surface area contributed by atoms with Gasteiger partial charge in [-0.25, -0.2) is 0 Å². The summed E-state index contributed by atoms with van der Waals surface area (Å²) in [6, 6.07) is 0. The van der Waals surface area contributed by atoms with E-state index in [2.05, 4.69) is 26.0 Å². The molecule has 102 valence electrons. The fraction of sp³-hybridized carbons (Fsp3) is 0.706. The number of Topliss-reactive ketones (excluding diaryl/α,β-unsaturated/α-hetero) is 1. The number of allylic oxidation sites excluding steroid dienone is 4. The highest BCUT2D eigenvalue weighted by Crippen LogP contribution is 2.27. The third-order valence-electron chi connectivity index (χ3n) is 3.64. The lowest BCUT2D eigenvalue weighted by Gasteiger charge is -1.97. The largest absolute Gasteiger partial charge is 0.289 e. The molecule has 0 aliphatic heterocycles. The Morgan fingerprint density at radius 2 is 1.28 bits per heavy atom. The Kier molecular flexibility index (Phi) is 7.71. The second kappa shape index (κ2) is 9.13. The van der Waals surface area contributed by atoms with Crippen LogP contribution >= 0.6 is 0 Å². The SMILES string of the molecule is CCCCCC=C1CCC(=CCCCCC)C1=O. The lowest BCUT2D eigenvalue weighted by molar-refractivity contribution is -0.111. The lowest BCUT2D eigenvalue weighted by atomic mass is 10.1. The number of carbonyl (C=O) groups excluding carboxylic acids is 1. The standard InChI is InChI=1S/C17H28O/c1-3-5-7-9-11-15-13-14-16(17(15)18)12-10-8-6-4-2/h11-12H,3-10,13-14H2,1-2H3.